The number of likely N-dealkylation sites (tertiary alicyclic amines) is 1. The van der Waals surface area contributed by atoms with E-state index in [4.69, 9.17) is 9.47 Å². The molecule has 2 heterocycles. The van der Waals surface area contributed by atoms with E-state index < -0.39 is 12.0 Å². The molecule has 3 atom stereocenters. The summed E-state index contributed by atoms with van der Waals surface area (Å²) in [5.41, 5.74) is 4.98. The molecular weight excluding hydrogens is 494 g/mol. The second kappa shape index (κ2) is 12.7. The zero-order valence-corrected chi connectivity index (χ0v) is 23.6. The molecule has 3 aromatic rings. The largest absolute Gasteiger partial charge is 0.496 e. The maximum atomic E-state index is 12.8. The number of methoxy groups -OCH3 is 1. The van der Waals surface area contributed by atoms with Gasteiger partial charge in [-0.3, -0.25) is 9.69 Å². The molecule has 0 radical (unpaired) electrons. The quantitative estimate of drug-likeness (QED) is 0.301. The fourth-order valence-electron chi connectivity index (χ4n) is 5.68. The van der Waals surface area contributed by atoms with E-state index in [0.29, 0.717) is 18.6 Å². The van der Waals surface area contributed by atoms with E-state index in [9.17, 15) is 14.7 Å². The normalized spacial score (nSPS) is 18.8. The zero-order valence-electron chi connectivity index (χ0n) is 23.6. The first-order valence-electron chi connectivity index (χ1n) is 13.8. The molecule has 2 aromatic carbocycles. The molecule has 1 aromatic heterocycles. The maximum Gasteiger partial charge on any atom is 0.326 e. The predicted molar refractivity (Wildman–Crippen MR) is 152 cm³/mol. The molecular formula is C31H41N3O5. The van der Waals surface area contributed by atoms with Crippen molar-refractivity contribution in [3.05, 3.63) is 64.8 Å². The second-order valence-corrected chi connectivity index (χ2v) is 10.8. The maximum absolute atomic E-state index is 12.8. The fraction of sp³-hybridized carbons (Fsp3) is 0.484. The predicted octanol–water partition coefficient (Wildman–Crippen LogP) is 5.46. The van der Waals surface area contributed by atoms with Crippen molar-refractivity contribution in [1.82, 2.24) is 15.2 Å². The number of nitrogens with one attached hydrogen (secondary N) is 2. The number of benzene rings is 2. The summed E-state index contributed by atoms with van der Waals surface area (Å²) >= 11 is 0. The molecule has 0 bridgehead atoms. The van der Waals surface area contributed by atoms with Gasteiger partial charge < -0.3 is 24.9 Å². The molecule has 8 heteroatoms. The standard InChI is InChI=1S/C31H41N3O5/c1-6-39-23-12-14-34(18-25-24-11-13-32-29(24)20(4)16-28(25)38-5)27(17-23)21-7-9-22(10-8-21)30(35)33-26(31(36)37)15-19(2)3/h7-11,13,16,19,23,26-27,32H,6,12,14-15,17-18H2,1-5H3,(H,33,35)(H,36,37)/t23-,26-,27-/m0/s1. The number of hydrogen-bond donors (Lipinski definition) is 3. The van der Waals surface area contributed by atoms with Crippen LogP contribution < -0.4 is 10.1 Å². The van der Waals surface area contributed by atoms with Crippen LogP contribution in [0.1, 0.15) is 73.1 Å². The highest BCUT2D eigenvalue weighted by molar-refractivity contribution is 5.96. The van der Waals surface area contributed by atoms with E-state index in [-0.39, 0.29) is 24.0 Å². The number of rotatable bonds is 11. The van der Waals surface area contributed by atoms with Gasteiger partial charge in [0.1, 0.15) is 11.8 Å². The number of carboxylic acid groups (broad SMARTS) is 1. The van der Waals surface area contributed by atoms with E-state index in [2.05, 4.69) is 34.3 Å². The monoisotopic (exact) mass is 535 g/mol. The van der Waals surface area contributed by atoms with Crippen molar-refractivity contribution in [3.63, 3.8) is 0 Å². The highest BCUT2D eigenvalue weighted by Crippen LogP contribution is 2.38. The number of nitrogens with zero attached hydrogens (tertiary/aromatic N) is 1. The number of aromatic nitrogens is 1. The van der Waals surface area contributed by atoms with Crippen LogP contribution in [-0.4, -0.2) is 59.3 Å². The Kier molecular flexibility index (Phi) is 9.30. The Morgan fingerprint density at radius 1 is 1.21 bits per heavy atom. The minimum Gasteiger partial charge on any atom is -0.496 e. The number of aromatic amines is 1. The third-order valence-electron chi connectivity index (χ3n) is 7.63. The van der Waals surface area contributed by atoms with Crippen LogP contribution >= 0.6 is 0 Å². The molecule has 3 N–H and O–H groups in total. The van der Waals surface area contributed by atoms with E-state index in [1.54, 1.807) is 19.2 Å². The number of carbonyl (C=O) groups excluding carboxylic acids is 1. The molecule has 0 saturated carbocycles. The lowest BCUT2D eigenvalue weighted by Gasteiger charge is -2.40. The average Bonchev–Trinajstić information content (AvgIpc) is 3.41. The van der Waals surface area contributed by atoms with Crippen molar-refractivity contribution in [2.24, 2.45) is 5.92 Å². The number of aliphatic carboxylic acids is 1. The van der Waals surface area contributed by atoms with Gasteiger partial charge in [0.05, 0.1) is 13.2 Å². The Labute approximate surface area is 230 Å². The fourth-order valence-corrected chi connectivity index (χ4v) is 5.68. The third kappa shape index (κ3) is 6.62. The first-order valence-corrected chi connectivity index (χ1v) is 13.8. The third-order valence-corrected chi connectivity index (χ3v) is 7.63. The van der Waals surface area contributed by atoms with Crippen molar-refractivity contribution in [3.8, 4) is 5.75 Å². The zero-order chi connectivity index (χ0) is 28.1. The smallest absolute Gasteiger partial charge is 0.326 e. The molecule has 1 aliphatic rings. The van der Waals surface area contributed by atoms with Crippen molar-refractivity contribution < 1.29 is 24.2 Å². The number of carboxylic acids is 1. The number of carbonyl (C=O) groups is 2. The van der Waals surface area contributed by atoms with Crippen molar-refractivity contribution in [2.75, 3.05) is 20.3 Å². The lowest BCUT2D eigenvalue weighted by Crippen LogP contribution is -2.41. The van der Waals surface area contributed by atoms with Gasteiger partial charge in [-0.2, -0.15) is 0 Å². The summed E-state index contributed by atoms with van der Waals surface area (Å²) in [6.07, 6.45) is 4.31. The number of piperidine rings is 1. The summed E-state index contributed by atoms with van der Waals surface area (Å²) in [7, 11) is 1.72. The molecule has 1 saturated heterocycles. The summed E-state index contributed by atoms with van der Waals surface area (Å²) < 4.78 is 11.8. The molecule has 210 valence electrons. The van der Waals surface area contributed by atoms with Gasteiger partial charge in [0.15, 0.2) is 0 Å². The molecule has 0 aliphatic carbocycles. The summed E-state index contributed by atoms with van der Waals surface area (Å²) in [6, 6.07) is 10.9. The second-order valence-electron chi connectivity index (χ2n) is 10.8. The topological polar surface area (TPSA) is 104 Å². The Hall–Kier alpha value is -3.36. The minimum atomic E-state index is -1.02. The molecule has 1 fully saturated rings. The van der Waals surface area contributed by atoms with E-state index in [1.165, 1.54) is 5.39 Å². The van der Waals surface area contributed by atoms with E-state index in [1.807, 2.05) is 39.1 Å². The lowest BCUT2D eigenvalue weighted by atomic mass is 9.91. The van der Waals surface area contributed by atoms with E-state index in [0.717, 1.165) is 53.9 Å². The van der Waals surface area contributed by atoms with Crippen LogP contribution in [0.4, 0.5) is 0 Å². The lowest BCUT2D eigenvalue weighted by molar-refractivity contribution is -0.139. The average molecular weight is 536 g/mol. The Bertz CT molecular complexity index is 1280. The number of hydrogen-bond acceptors (Lipinski definition) is 5. The number of H-pyrrole nitrogens is 1. The Morgan fingerprint density at radius 2 is 1.95 bits per heavy atom. The van der Waals surface area contributed by atoms with Crippen LogP contribution in [0, 0.1) is 12.8 Å². The van der Waals surface area contributed by atoms with Gasteiger partial charge in [-0.1, -0.05) is 26.0 Å². The molecule has 4 rings (SSSR count). The Morgan fingerprint density at radius 3 is 2.59 bits per heavy atom. The number of fused-ring (bicyclic) bond motifs is 1. The van der Waals surface area contributed by atoms with Gasteiger partial charge in [-0.05, 0) is 74.4 Å². The number of ether oxygens (including phenoxy) is 2. The van der Waals surface area contributed by atoms with Crippen molar-refractivity contribution in [2.45, 2.75) is 71.7 Å². The summed E-state index contributed by atoms with van der Waals surface area (Å²) in [5, 5.41) is 13.4. The highest BCUT2D eigenvalue weighted by Gasteiger charge is 2.31. The molecule has 39 heavy (non-hydrogen) atoms. The van der Waals surface area contributed by atoms with Gasteiger partial charge in [0, 0.05) is 54.0 Å². The first-order chi connectivity index (χ1) is 18.7. The Balaban J connectivity index is 1.59. The van der Waals surface area contributed by atoms with Gasteiger partial charge >= 0.3 is 5.97 Å². The minimum absolute atomic E-state index is 0.0973. The van der Waals surface area contributed by atoms with Gasteiger partial charge in [0.2, 0.25) is 0 Å². The molecule has 1 amide bonds. The van der Waals surface area contributed by atoms with Crippen LogP contribution in [-0.2, 0) is 16.1 Å². The summed E-state index contributed by atoms with van der Waals surface area (Å²) in [6.45, 7) is 10.3. The molecule has 0 spiro atoms. The van der Waals surface area contributed by atoms with Crippen molar-refractivity contribution in [1.29, 1.82) is 0 Å². The van der Waals surface area contributed by atoms with Crippen LogP contribution in [0.2, 0.25) is 0 Å². The number of aryl methyl sites for hydroxylation is 1. The first kappa shape index (κ1) is 28.6. The van der Waals surface area contributed by atoms with Gasteiger partial charge in [-0.25, -0.2) is 4.79 Å². The summed E-state index contributed by atoms with van der Waals surface area (Å²) in [5.74, 6) is -0.353. The van der Waals surface area contributed by atoms with Gasteiger partial charge in [0.25, 0.3) is 5.91 Å². The molecule has 0 unspecified atom stereocenters. The van der Waals surface area contributed by atoms with Crippen LogP contribution in [0.5, 0.6) is 5.75 Å². The number of amides is 1. The van der Waals surface area contributed by atoms with Gasteiger partial charge in [-0.15, -0.1) is 0 Å². The van der Waals surface area contributed by atoms with Crippen LogP contribution in [0.3, 0.4) is 0 Å². The van der Waals surface area contributed by atoms with E-state index >= 15 is 0 Å². The van der Waals surface area contributed by atoms with Crippen LogP contribution in [0.15, 0.2) is 42.6 Å². The van der Waals surface area contributed by atoms with Crippen molar-refractivity contribution >= 4 is 22.8 Å². The summed E-state index contributed by atoms with van der Waals surface area (Å²) in [4.78, 5) is 30.3. The van der Waals surface area contributed by atoms with Crippen LogP contribution in [0.25, 0.3) is 10.9 Å². The molecule has 1 aliphatic heterocycles. The highest BCUT2D eigenvalue weighted by atomic mass is 16.5. The SMILES string of the molecule is CCO[C@H]1CCN(Cc2c(OC)cc(C)c3[nH]ccc23)[C@H](c2ccc(C(=O)N[C@@H](CC(C)C)C(=O)O)cc2)C1. The molecule has 8 nitrogen and oxygen atoms in total.